The number of benzene rings is 3. The summed E-state index contributed by atoms with van der Waals surface area (Å²) in [4.78, 5) is 29.6. The van der Waals surface area contributed by atoms with E-state index in [2.05, 4.69) is 44.9 Å². The molecule has 6 unspecified atom stereocenters. The van der Waals surface area contributed by atoms with Crippen LogP contribution in [0.3, 0.4) is 0 Å². The molecule has 4 saturated heterocycles. The van der Waals surface area contributed by atoms with Crippen molar-refractivity contribution in [3.8, 4) is 5.75 Å². The number of halogens is 1. The van der Waals surface area contributed by atoms with Crippen LogP contribution in [0.15, 0.2) is 84.9 Å². The van der Waals surface area contributed by atoms with E-state index in [-0.39, 0.29) is 55.2 Å². The number of nitrogens with zero attached hydrogens (tertiary/aromatic N) is 3. The van der Waals surface area contributed by atoms with Gasteiger partial charge in [-0.05, 0) is 95.6 Å². The first kappa shape index (κ1) is 53.5. The van der Waals surface area contributed by atoms with Crippen LogP contribution in [0.1, 0.15) is 81.3 Å². The molecule has 7 N–H and O–H groups in total. The smallest absolute Gasteiger partial charge is 0.394 e. The third-order valence-corrected chi connectivity index (χ3v) is 12.3. The second kappa shape index (κ2) is 24.8. The Bertz CT molecular complexity index is 1750. The fourth-order valence-electron chi connectivity index (χ4n) is 8.46. The number of phenolic OH excluding ortho intramolecular Hbond substituents is 1. The van der Waals surface area contributed by atoms with Gasteiger partial charge >= 0.3 is 22.3 Å². The molecule has 0 radical (unpaired) electrons. The van der Waals surface area contributed by atoms with E-state index < -0.39 is 22.2 Å². The highest BCUT2D eigenvalue weighted by atomic mass is 35.5. The molecular weight excluding hydrogens is 830 g/mol. The van der Waals surface area contributed by atoms with Crippen molar-refractivity contribution in [2.75, 3.05) is 47.9 Å². The van der Waals surface area contributed by atoms with E-state index in [0.29, 0.717) is 29.9 Å². The van der Waals surface area contributed by atoms with Crippen molar-refractivity contribution < 1.29 is 69.8 Å². The molecule has 4 aliphatic heterocycles. The van der Waals surface area contributed by atoms with Gasteiger partial charge in [0.1, 0.15) is 35.5 Å². The number of carbonyl (C=O) groups excluding carboxylic acids is 2. The van der Waals surface area contributed by atoms with Crippen LogP contribution in [0.5, 0.6) is 5.75 Å². The van der Waals surface area contributed by atoms with Gasteiger partial charge in [-0.25, -0.2) is 0 Å². The Labute approximate surface area is 367 Å². The Kier molecular flexibility index (Phi) is 21.8. The zero-order chi connectivity index (χ0) is 43.3. The summed E-state index contributed by atoms with van der Waals surface area (Å²) >= 11 is 0. The Morgan fingerprint density at radius 2 is 1.03 bits per heavy atom. The SMILES string of the molecule is CC[N+](C)(C)c1cccc(O)c1.CN1C2CCC1CC(OC(=O)C(CO)c1ccccc1)C2.CN1C2CCC1CC(OC(=O)C(CO)c1ccccc1)C2.O.O=S(=O)(O)O.[Cl-]. The van der Waals surface area contributed by atoms with Crippen LogP contribution in [0.2, 0.25) is 0 Å². The number of rotatable bonds is 10. The van der Waals surface area contributed by atoms with Gasteiger partial charge in [0.2, 0.25) is 0 Å². The lowest BCUT2D eigenvalue weighted by Gasteiger charge is -2.36. The van der Waals surface area contributed by atoms with Crippen molar-refractivity contribution in [2.24, 2.45) is 0 Å². The molecule has 61 heavy (non-hydrogen) atoms. The minimum Gasteiger partial charge on any atom is -1.00 e. The van der Waals surface area contributed by atoms with Gasteiger partial charge in [0.15, 0.2) is 0 Å². The van der Waals surface area contributed by atoms with Crippen LogP contribution in [0.4, 0.5) is 5.69 Å². The first-order valence-corrected chi connectivity index (χ1v) is 21.8. The molecule has 17 heteroatoms. The van der Waals surface area contributed by atoms with Gasteiger partial charge in [-0.15, -0.1) is 0 Å². The number of quaternary nitrogens is 1. The Hall–Kier alpha value is -3.68. The molecule has 0 aromatic heterocycles. The van der Waals surface area contributed by atoms with Crippen LogP contribution in [-0.4, -0.2) is 144 Å². The van der Waals surface area contributed by atoms with E-state index in [1.165, 1.54) is 25.7 Å². The molecule has 0 saturated carbocycles. The molecule has 15 nitrogen and oxygen atoms in total. The minimum atomic E-state index is -4.67. The molecule has 4 bridgehead atoms. The molecule has 0 amide bonds. The molecular formula is C44H66ClN3O12S. The number of aliphatic hydroxyl groups excluding tert-OH is 2. The van der Waals surface area contributed by atoms with Gasteiger partial charge in [0.05, 0.1) is 33.9 Å². The third kappa shape index (κ3) is 16.2. The van der Waals surface area contributed by atoms with Crippen molar-refractivity contribution >= 4 is 28.0 Å². The summed E-state index contributed by atoms with van der Waals surface area (Å²) in [5.41, 5.74) is 2.78. The van der Waals surface area contributed by atoms with E-state index in [4.69, 9.17) is 27.0 Å². The van der Waals surface area contributed by atoms with Crippen molar-refractivity contribution in [3.63, 3.8) is 0 Å². The summed E-state index contributed by atoms with van der Waals surface area (Å²) in [5.74, 6) is -1.38. The number of carbonyl (C=O) groups is 2. The maximum atomic E-state index is 12.4. The maximum Gasteiger partial charge on any atom is 0.394 e. The van der Waals surface area contributed by atoms with Gasteiger partial charge in [0.25, 0.3) is 0 Å². The predicted octanol–water partition coefficient (Wildman–Crippen LogP) is 1.37. The Balaban J connectivity index is 0.000000303. The minimum absolute atomic E-state index is 0. The molecule has 4 heterocycles. The number of piperidine rings is 2. The normalized spacial score (nSPS) is 24.0. The summed E-state index contributed by atoms with van der Waals surface area (Å²) in [5, 5.41) is 28.3. The Morgan fingerprint density at radius 1 is 0.689 bits per heavy atom. The van der Waals surface area contributed by atoms with Crippen LogP contribution in [0, 0.1) is 0 Å². The van der Waals surface area contributed by atoms with Gasteiger partial charge in [-0.2, -0.15) is 8.42 Å². The summed E-state index contributed by atoms with van der Waals surface area (Å²) in [6, 6.07) is 28.3. The average molecular weight is 897 g/mol. The molecule has 342 valence electrons. The zero-order valence-electron chi connectivity index (χ0n) is 35.8. The summed E-state index contributed by atoms with van der Waals surface area (Å²) in [6.07, 6.45) is 8.52. The number of phenols is 1. The fraction of sp³-hybridized carbons (Fsp3) is 0.545. The number of hydrogen-bond donors (Lipinski definition) is 5. The standard InChI is InChI=1S/2C17H23NO3.C10H15NO.ClH.H2O4S.H2O/c2*1-18-13-7-8-14(18)10-15(9-13)21-17(20)16(11-19)12-5-3-2-4-6-12;1-4-11(2,3)9-6-5-7-10(12)8-9;;1-5(2,3)4;/h2*2-6,13-16,19H,7-11H2,1H3;5-8H,4H2,1-3H3;1H;(H2,1,2,3,4);1H2. The lowest BCUT2D eigenvalue weighted by Crippen LogP contribution is -3.00. The number of aromatic hydroxyl groups is 1. The van der Waals surface area contributed by atoms with Crippen molar-refractivity contribution in [3.05, 3.63) is 96.1 Å². The molecule has 0 aliphatic carbocycles. The second-order valence-corrected chi connectivity index (χ2v) is 17.3. The largest absolute Gasteiger partial charge is 1.00 e. The number of hydrogen-bond acceptors (Lipinski definition) is 11. The lowest BCUT2D eigenvalue weighted by molar-refractivity contribution is -0.156. The fourth-order valence-corrected chi connectivity index (χ4v) is 8.46. The van der Waals surface area contributed by atoms with Crippen molar-refractivity contribution in [2.45, 2.75) is 107 Å². The second-order valence-electron chi connectivity index (χ2n) is 16.4. The first-order valence-electron chi connectivity index (χ1n) is 20.4. The molecule has 3 aromatic rings. The van der Waals surface area contributed by atoms with E-state index in [1.807, 2.05) is 78.9 Å². The highest BCUT2D eigenvalue weighted by Gasteiger charge is 2.41. The highest BCUT2D eigenvalue weighted by Crippen LogP contribution is 2.37. The number of ether oxygens (including phenoxy) is 2. The highest BCUT2D eigenvalue weighted by molar-refractivity contribution is 7.79. The van der Waals surface area contributed by atoms with Crippen molar-refractivity contribution in [1.29, 1.82) is 0 Å². The van der Waals surface area contributed by atoms with Crippen LogP contribution in [-0.2, 0) is 29.5 Å². The maximum absolute atomic E-state index is 12.4. The van der Waals surface area contributed by atoms with Crippen LogP contribution < -0.4 is 16.9 Å². The van der Waals surface area contributed by atoms with E-state index in [9.17, 15) is 24.9 Å². The monoisotopic (exact) mass is 895 g/mol. The van der Waals surface area contributed by atoms with E-state index >= 15 is 0 Å². The Morgan fingerprint density at radius 3 is 1.33 bits per heavy atom. The number of aliphatic hydroxyl groups is 2. The molecule has 4 fully saturated rings. The van der Waals surface area contributed by atoms with Crippen LogP contribution in [0.25, 0.3) is 0 Å². The molecule has 6 atom stereocenters. The van der Waals surface area contributed by atoms with Gasteiger partial charge in [-0.3, -0.25) is 23.2 Å². The average Bonchev–Trinajstić information content (AvgIpc) is 3.50. The van der Waals surface area contributed by atoms with Gasteiger partial charge < -0.3 is 52.5 Å². The molecule has 4 aliphatic rings. The summed E-state index contributed by atoms with van der Waals surface area (Å²) in [7, 11) is 3.91. The predicted molar refractivity (Wildman–Crippen MR) is 230 cm³/mol. The van der Waals surface area contributed by atoms with E-state index in [1.54, 1.807) is 6.07 Å². The quantitative estimate of drug-likeness (QED) is 0.110. The topological polar surface area (TPSA) is 226 Å². The number of esters is 2. The number of fused-ring (bicyclic) bond motifs is 4. The third-order valence-electron chi connectivity index (χ3n) is 12.3. The van der Waals surface area contributed by atoms with E-state index in [0.717, 1.165) is 53.5 Å². The molecule has 0 spiro atoms. The van der Waals surface area contributed by atoms with Gasteiger partial charge in [-0.1, -0.05) is 66.7 Å². The van der Waals surface area contributed by atoms with Crippen LogP contribution >= 0.6 is 0 Å². The summed E-state index contributed by atoms with van der Waals surface area (Å²) < 4.78 is 43.8. The van der Waals surface area contributed by atoms with Crippen molar-refractivity contribution in [1.82, 2.24) is 14.3 Å². The zero-order valence-corrected chi connectivity index (χ0v) is 37.4. The molecule has 7 rings (SSSR count). The van der Waals surface area contributed by atoms with Gasteiger partial charge in [0, 0.05) is 30.2 Å². The first-order chi connectivity index (χ1) is 27.9. The summed E-state index contributed by atoms with van der Waals surface area (Å²) in [6.45, 7) is 2.73. The molecule has 3 aromatic carbocycles. The lowest BCUT2D eigenvalue weighted by atomic mass is 9.98.